The summed E-state index contributed by atoms with van der Waals surface area (Å²) < 4.78 is 10.6. The summed E-state index contributed by atoms with van der Waals surface area (Å²) in [6.45, 7) is 4.93. The van der Waals surface area contributed by atoms with E-state index in [1.807, 2.05) is 36.4 Å². The van der Waals surface area contributed by atoms with Gasteiger partial charge in [-0.3, -0.25) is 9.69 Å². The van der Waals surface area contributed by atoms with Crippen LogP contribution >= 0.6 is 0 Å². The van der Waals surface area contributed by atoms with Crippen LogP contribution in [0.3, 0.4) is 0 Å². The van der Waals surface area contributed by atoms with Crippen molar-refractivity contribution in [3.8, 4) is 11.5 Å². The average molecular weight is 419 g/mol. The van der Waals surface area contributed by atoms with Gasteiger partial charge >= 0.3 is 0 Å². The van der Waals surface area contributed by atoms with Crippen molar-refractivity contribution >= 4 is 11.6 Å². The Morgan fingerprint density at radius 1 is 0.806 bits per heavy atom. The summed E-state index contributed by atoms with van der Waals surface area (Å²) in [6, 6.07) is 24.0. The molecule has 31 heavy (non-hydrogen) atoms. The van der Waals surface area contributed by atoms with Crippen molar-refractivity contribution in [1.82, 2.24) is 4.90 Å². The van der Waals surface area contributed by atoms with Crippen LogP contribution in [-0.2, 0) is 24.3 Å². The van der Waals surface area contributed by atoms with Crippen LogP contribution in [-0.4, -0.2) is 31.6 Å². The van der Waals surface area contributed by atoms with E-state index < -0.39 is 0 Å². The summed E-state index contributed by atoms with van der Waals surface area (Å²) in [6.07, 6.45) is 0.267. The third-order valence-corrected chi connectivity index (χ3v) is 5.15. The van der Waals surface area contributed by atoms with Crippen LogP contribution in [0.5, 0.6) is 11.5 Å². The Morgan fingerprint density at radius 3 is 2.03 bits per heavy atom. The maximum atomic E-state index is 12.5. The van der Waals surface area contributed by atoms with Gasteiger partial charge in [0.1, 0.15) is 0 Å². The molecule has 0 aliphatic carbocycles. The lowest BCUT2D eigenvalue weighted by atomic mass is 10.1. The SMILES string of the molecule is CCN(Cc1ccccc1)Cc1ccc(NC(=O)Cc2ccc(OC)c(OC)c2)cc1. The number of ether oxygens (including phenoxy) is 2. The highest BCUT2D eigenvalue weighted by Crippen LogP contribution is 2.27. The summed E-state index contributed by atoms with van der Waals surface area (Å²) in [5.74, 6) is 1.20. The maximum absolute atomic E-state index is 12.5. The minimum Gasteiger partial charge on any atom is -0.493 e. The molecule has 5 heteroatoms. The van der Waals surface area contributed by atoms with Gasteiger partial charge in [0, 0.05) is 18.8 Å². The molecule has 0 saturated heterocycles. The van der Waals surface area contributed by atoms with Crippen molar-refractivity contribution < 1.29 is 14.3 Å². The van der Waals surface area contributed by atoms with Gasteiger partial charge in [-0.05, 0) is 47.5 Å². The lowest BCUT2D eigenvalue weighted by Gasteiger charge is -2.20. The normalized spacial score (nSPS) is 10.7. The van der Waals surface area contributed by atoms with E-state index in [1.165, 1.54) is 11.1 Å². The van der Waals surface area contributed by atoms with Crippen molar-refractivity contribution in [2.45, 2.75) is 26.4 Å². The quantitative estimate of drug-likeness (QED) is 0.508. The number of hydrogen-bond donors (Lipinski definition) is 1. The first-order chi connectivity index (χ1) is 15.1. The van der Waals surface area contributed by atoms with Crippen LogP contribution in [0.4, 0.5) is 5.69 Å². The number of nitrogens with zero attached hydrogens (tertiary/aromatic N) is 1. The molecule has 0 aromatic heterocycles. The highest BCUT2D eigenvalue weighted by atomic mass is 16.5. The maximum Gasteiger partial charge on any atom is 0.228 e. The molecule has 0 radical (unpaired) electrons. The monoisotopic (exact) mass is 418 g/mol. The molecule has 3 rings (SSSR count). The van der Waals surface area contributed by atoms with Gasteiger partial charge in [0.2, 0.25) is 5.91 Å². The minimum absolute atomic E-state index is 0.0702. The van der Waals surface area contributed by atoms with Crippen molar-refractivity contribution in [2.24, 2.45) is 0 Å². The molecular formula is C26H30N2O3. The number of hydrogen-bond acceptors (Lipinski definition) is 4. The average Bonchev–Trinajstić information content (AvgIpc) is 2.80. The fourth-order valence-electron chi connectivity index (χ4n) is 3.45. The van der Waals surface area contributed by atoms with Gasteiger partial charge in [-0.25, -0.2) is 0 Å². The van der Waals surface area contributed by atoms with Gasteiger partial charge in [0.25, 0.3) is 0 Å². The lowest BCUT2D eigenvalue weighted by molar-refractivity contribution is -0.115. The molecule has 0 saturated carbocycles. The summed E-state index contributed by atoms with van der Waals surface area (Å²) in [5, 5.41) is 2.97. The molecular weight excluding hydrogens is 388 g/mol. The van der Waals surface area contributed by atoms with Crippen molar-refractivity contribution in [1.29, 1.82) is 0 Å². The number of methoxy groups -OCH3 is 2. The Morgan fingerprint density at radius 2 is 1.42 bits per heavy atom. The van der Waals surface area contributed by atoms with E-state index in [-0.39, 0.29) is 12.3 Å². The van der Waals surface area contributed by atoms with Gasteiger partial charge in [0.15, 0.2) is 11.5 Å². The third-order valence-electron chi connectivity index (χ3n) is 5.15. The van der Waals surface area contributed by atoms with Crippen LogP contribution in [0.2, 0.25) is 0 Å². The highest BCUT2D eigenvalue weighted by molar-refractivity contribution is 5.92. The number of nitrogens with one attached hydrogen (secondary N) is 1. The van der Waals surface area contributed by atoms with Crippen LogP contribution in [0, 0.1) is 0 Å². The van der Waals surface area contributed by atoms with E-state index in [0.29, 0.717) is 11.5 Å². The van der Waals surface area contributed by atoms with E-state index >= 15 is 0 Å². The predicted molar refractivity (Wildman–Crippen MR) is 125 cm³/mol. The highest BCUT2D eigenvalue weighted by Gasteiger charge is 2.10. The predicted octanol–water partition coefficient (Wildman–Crippen LogP) is 4.91. The van der Waals surface area contributed by atoms with Gasteiger partial charge in [-0.15, -0.1) is 0 Å². The fourth-order valence-corrected chi connectivity index (χ4v) is 3.45. The summed E-state index contributed by atoms with van der Waals surface area (Å²) in [4.78, 5) is 14.8. The summed E-state index contributed by atoms with van der Waals surface area (Å²) >= 11 is 0. The van der Waals surface area contributed by atoms with Gasteiger partial charge in [-0.1, -0.05) is 55.5 Å². The zero-order valence-corrected chi connectivity index (χ0v) is 18.4. The molecule has 1 N–H and O–H groups in total. The van der Waals surface area contributed by atoms with E-state index in [4.69, 9.17) is 9.47 Å². The first kappa shape index (κ1) is 22.4. The molecule has 0 heterocycles. The Hall–Kier alpha value is -3.31. The summed E-state index contributed by atoms with van der Waals surface area (Å²) in [7, 11) is 3.18. The summed E-state index contributed by atoms with van der Waals surface area (Å²) in [5.41, 5.74) is 4.19. The fraction of sp³-hybridized carbons (Fsp3) is 0.269. The first-order valence-corrected chi connectivity index (χ1v) is 10.5. The van der Waals surface area contributed by atoms with Gasteiger partial charge < -0.3 is 14.8 Å². The molecule has 0 spiro atoms. The molecule has 162 valence electrons. The molecule has 0 bridgehead atoms. The van der Waals surface area contributed by atoms with Crippen LogP contribution < -0.4 is 14.8 Å². The molecule has 5 nitrogen and oxygen atoms in total. The zero-order chi connectivity index (χ0) is 22.1. The topological polar surface area (TPSA) is 50.8 Å². The molecule has 0 fully saturated rings. The largest absolute Gasteiger partial charge is 0.493 e. The van der Waals surface area contributed by atoms with Gasteiger partial charge in [0.05, 0.1) is 20.6 Å². The molecule has 0 aliphatic rings. The molecule has 0 unspecified atom stereocenters. The molecule has 0 atom stereocenters. The Labute approximate surface area is 184 Å². The second-order valence-corrected chi connectivity index (χ2v) is 7.40. The van der Waals surface area contributed by atoms with Gasteiger partial charge in [-0.2, -0.15) is 0 Å². The number of carbonyl (C=O) groups is 1. The van der Waals surface area contributed by atoms with Crippen molar-refractivity contribution in [2.75, 3.05) is 26.1 Å². The number of carbonyl (C=O) groups excluding carboxylic acids is 1. The van der Waals surface area contributed by atoms with E-state index in [2.05, 4.69) is 53.5 Å². The van der Waals surface area contributed by atoms with E-state index in [1.54, 1.807) is 14.2 Å². The van der Waals surface area contributed by atoms with Crippen molar-refractivity contribution in [3.63, 3.8) is 0 Å². The zero-order valence-electron chi connectivity index (χ0n) is 18.4. The lowest BCUT2D eigenvalue weighted by Crippen LogP contribution is -2.22. The van der Waals surface area contributed by atoms with Crippen molar-refractivity contribution in [3.05, 3.63) is 89.5 Å². The smallest absolute Gasteiger partial charge is 0.228 e. The van der Waals surface area contributed by atoms with E-state index in [9.17, 15) is 4.79 Å². The minimum atomic E-state index is -0.0702. The number of benzene rings is 3. The Balaban J connectivity index is 1.55. The number of anilines is 1. The standard InChI is InChI=1S/C26H30N2O3/c1-4-28(18-20-8-6-5-7-9-20)19-21-10-13-23(14-11-21)27-26(29)17-22-12-15-24(30-2)25(16-22)31-3/h5-16H,4,17-19H2,1-3H3,(H,27,29). The molecule has 3 aromatic carbocycles. The second-order valence-electron chi connectivity index (χ2n) is 7.40. The number of rotatable bonds is 10. The van der Waals surface area contributed by atoms with E-state index in [0.717, 1.165) is 30.9 Å². The molecule has 1 amide bonds. The molecule has 3 aromatic rings. The second kappa shape index (κ2) is 11.2. The Kier molecular flexibility index (Phi) is 8.07. The molecule has 0 aliphatic heterocycles. The van der Waals surface area contributed by atoms with Crippen LogP contribution in [0.25, 0.3) is 0 Å². The first-order valence-electron chi connectivity index (χ1n) is 10.5. The van der Waals surface area contributed by atoms with Crippen LogP contribution in [0.1, 0.15) is 23.6 Å². The number of amides is 1. The third kappa shape index (κ3) is 6.59. The van der Waals surface area contributed by atoms with Crippen LogP contribution in [0.15, 0.2) is 72.8 Å². The Bertz CT molecular complexity index is 972.